The molecule has 0 heterocycles. The van der Waals surface area contributed by atoms with E-state index >= 15 is 0 Å². The van der Waals surface area contributed by atoms with Gasteiger partial charge in [0.1, 0.15) is 23.1 Å². The maximum atomic E-state index is 10.7. The lowest BCUT2D eigenvalue weighted by Crippen LogP contribution is -1.93. The lowest BCUT2D eigenvalue weighted by Gasteiger charge is -2.07. The van der Waals surface area contributed by atoms with Crippen LogP contribution in [0.5, 0.6) is 11.5 Å². The third-order valence-electron chi connectivity index (χ3n) is 2.66. The first kappa shape index (κ1) is 13.4. The number of benzene rings is 2. The topological polar surface area (TPSA) is 88.2 Å². The lowest BCUT2D eigenvalue weighted by atomic mass is 10.2. The molecule has 100 valence electrons. The van der Waals surface area contributed by atoms with Crippen molar-refractivity contribution in [2.45, 2.75) is 0 Å². The second-order valence-corrected chi connectivity index (χ2v) is 3.92. The Balaban J connectivity index is 2.25. The maximum absolute atomic E-state index is 10.7. The molecule has 0 saturated heterocycles. The molecule has 0 aliphatic carbocycles. The Morgan fingerprint density at radius 3 is 2.40 bits per heavy atom. The van der Waals surface area contributed by atoms with Gasteiger partial charge in [0, 0.05) is 24.9 Å². The molecule has 0 aromatic heterocycles. The molecule has 20 heavy (non-hydrogen) atoms. The fourth-order valence-electron chi connectivity index (χ4n) is 1.65. The van der Waals surface area contributed by atoms with E-state index in [4.69, 9.17) is 10.00 Å². The zero-order chi connectivity index (χ0) is 14.5. The van der Waals surface area contributed by atoms with Gasteiger partial charge in [0.15, 0.2) is 0 Å². The molecule has 1 N–H and O–H groups in total. The van der Waals surface area contributed by atoms with Crippen LogP contribution in [0.4, 0.5) is 11.4 Å². The molecule has 6 nitrogen and oxygen atoms in total. The molecule has 0 amide bonds. The second-order valence-electron chi connectivity index (χ2n) is 3.92. The van der Waals surface area contributed by atoms with E-state index in [1.54, 1.807) is 18.2 Å². The molecule has 0 aliphatic rings. The molecule has 0 unspecified atom stereocenters. The number of nitrogens with zero attached hydrogens (tertiary/aromatic N) is 2. The Bertz CT molecular complexity index is 675. The van der Waals surface area contributed by atoms with Gasteiger partial charge in [-0.2, -0.15) is 5.26 Å². The fraction of sp³-hybridized carbons (Fsp3) is 0.0714. The van der Waals surface area contributed by atoms with Gasteiger partial charge in [-0.3, -0.25) is 10.1 Å². The van der Waals surface area contributed by atoms with Crippen molar-refractivity contribution in [3.63, 3.8) is 0 Å². The number of nitrogens with one attached hydrogen (secondary N) is 1. The van der Waals surface area contributed by atoms with Gasteiger partial charge in [0.2, 0.25) is 0 Å². The molecule has 0 aliphatic heterocycles. The Kier molecular flexibility index (Phi) is 3.82. The molecule has 0 radical (unpaired) electrons. The van der Waals surface area contributed by atoms with E-state index in [1.807, 2.05) is 19.2 Å². The fourth-order valence-corrected chi connectivity index (χ4v) is 1.65. The van der Waals surface area contributed by atoms with Crippen molar-refractivity contribution < 1.29 is 9.66 Å². The summed E-state index contributed by atoms with van der Waals surface area (Å²) < 4.78 is 5.55. The van der Waals surface area contributed by atoms with E-state index in [0.717, 1.165) is 5.69 Å². The summed E-state index contributed by atoms with van der Waals surface area (Å²) in [5, 5.41) is 22.6. The highest BCUT2D eigenvalue weighted by molar-refractivity contribution is 5.53. The highest BCUT2D eigenvalue weighted by Gasteiger charge is 2.14. The molecule has 0 bridgehead atoms. The lowest BCUT2D eigenvalue weighted by molar-refractivity contribution is -0.385. The van der Waals surface area contributed by atoms with E-state index < -0.39 is 4.92 Å². The predicted octanol–water partition coefficient (Wildman–Crippen LogP) is 3.30. The van der Waals surface area contributed by atoms with Gasteiger partial charge < -0.3 is 10.1 Å². The van der Waals surface area contributed by atoms with Crippen molar-refractivity contribution in [3.05, 3.63) is 58.1 Å². The number of hydrogen-bond donors (Lipinski definition) is 1. The Morgan fingerprint density at radius 1 is 1.20 bits per heavy atom. The van der Waals surface area contributed by atoms with Gasteiger partial charge in [0.25, 0.3) is 5.69 Å². The molecule has 2 aromatic rings. The number of rotatable bonds is 4. The zero-order valence-corrected chi connectivity index (χ0v) is 10.7. The third-order valence-corrected chi connectivity index (χ3v) is 2.66. The number of hydrogen-bond acceptors (Lipinski definition) is 5. The number of anilines is 1. The number of nitro groups is 1. The first-order valence-corrected chi connectivity index (χ1v) is 5.78. The first-order valence-electron chi connectivity index (χ1n) is 5.78. The van der Waals surface area contributed by atoms with E-state index in [1.165, 1.54) is 18.2 Å². The van der Waals surface area contributed by atoms with Gasteiger partial charge in [-0.15, -0.1) is 0 Å². The van der Waals surface area contributed by atoms with Gasteiger partial charge >= 0.3 is 0 Å². The summed E-state index contributed by atoms with van der Waals surface area (Å²) in [6, 6.07) is 13.1. The van der Waals surface area contributed by atoms with E-state index in [-0.39, 0.29) is 11.3 Å². The quantitative estimate of drug-likeness (QED) is 0.679. The summed E-state index contributed by atoms with van der Waals surface area (Å²) in [5.41, 5.74) is 0.684. The molecular weight excluding hydrogens is 258 g/mol. The second kappa shape index (κ2) is 5.71. The minimum Gasteiger partial charge on any atom is -0.457 e. The number of nitriles is 1. The average Bonchev–Trinajstić information content (AvgIpc) is 2.47. The van der Waals surface area contributed by atoms with E-state index in [2.05, 4.69) is 5.32 Å². The van der Waals surface area contributed by atoms with Crippen LogP contribution in [0.3, 0.4) is 0 Å². The van der Waals surface area contributed by atoms with Gasteiger partial charge in [-0.1, -0.05) is 0 Å². The number of nitro benzene ring substituents is 1. The summed E-state index contributed by atoms with van der Waals surface area (Å²) in [7, 11) is 1.81. The van der Waals surface area contributed by atoms with Crippen molar-refractivity contribution in [2.75, 3.05) is 12.4 Å². The molecule has 0 atom stereocenters. The Morgan fingerprint density at radius 2 is 1.85 bits per heavy atom. The summed E-state index contributed by atoms with van der Waals surface area (Å²) in [5.74, 6) is 0.964. The van der Waals surface area contributed by atoms with Gasteiger partial charge in [-0.25, -0.2) is 0 Å². The minimum absolute atomic E-state index is 0.0284. The summed E-state index contributed by atoms with van der Waals surface area (Å²) >= 11 is 0. The zero-order valence-electron chi connectivity index (χ0n) is 10.7. The van der Waals surface area contributed by atoms with Crippen molar-refractivity contribution in [1.82, 2.24) is 0 Å². The molecule has 0 spiro atoms. The summed E-state index contributed by atoms with van der Waals surface area (Å²) in [6.45, 7) is 0. The van der Waals surface area contributed by atoms with Crippen LogP contribution in [0.15, 0.2) is 42.5 Å². The largest absolute Gasteiger partial charge is 0.457 e. The average molecular weight is 269 g/mol. The molecule has 2 rings (SSSR count). The molecule has 0 fully saturated rings. The van der Waals surface area contributed by atoms with Crippen LogP contribution in [0.1, 0.15) is 5.56 Å². The van der Waals surface area contributed by atoms with Crippen molar-refractivity contribution >= 4 is 11.4 Å². The highest BCUT2D eigenvalue weighted by Crippen LogP contribution is 2.27. The minimum atomic E-state index is -0.593. The third kappa shape index (κ3) is 2.84. The van der Waals surface area contributed by atoms with Crippen LogP contribution in [0.25, 0.3) is 0 Å². The van der Waals surface area contributed by atoms with Gasteiger partial charge in [0.05, 0.1) is 4.92 Å². The van der Waals surface area contributed by atoms with Crippen LogP contribution in [0.2, 0.25) is 0 Å². The van der Waals surface area contributed by atoms with Crippen LogP contribution in [0, 0.1) is 21.4 Å². The smallest absolute Gasteiger partial charge is 0.287 e. The number of ether oxygens (including phenoxy) is 1. The normalized spacial score (nSPS) is 9.60. The molecule has 6 heteroatoms. The molecular formula is C14H11N3O3. The van der Waals surface area contributed by atoms with Crippen LogP contribution in [-0.2, 0) is 0 Å². The SMILES string of the molecule is CNc1ccc(Oc2ccc([N+](=O)[O-])c(C#N)c2)cc1. The van der Waals surface area contributed by atoms with Crippen molar-refractivity contribution in [1.29, 1.82) is 5.26 Å². The predicted molar refractivity (Wildman–Crippen MR) is 73.9 cm³/mol. The Hall–Kier alpha value is -3.07. The van der Waals surface area contributed by atoms with Gasteiger partial charge in [-0.05, 0) is 30.3 Å². The maximum Gasteiger partial charge on any atom is 0.287 e. The Labute approximate surface area is 115 Å². The van der Waals surface area contributed by atoms with E-state index in [0.29, 0.717) is 11.5 Å². The first-order chi connectivity index (χ1) is 9.63. The molecule has 2 aromatic carbocycles. The van der Waals surface area contributed by atoms with Crippen LogP contribution >= 0.6 is 0 Å². The van der Waals surface area contributed by atoms with Crippen LogP contribution < -0.4 is 10.1 Å². The highest BCUT2D eigenvalue weighted by atomic mass is 16.6. The summed E-state index contributed by atoms with van der Waals surface area (Å²) in [4.78, 5) is 10.1. The van der Waals surface area contributed by atoms with Crippen molar-refractivity contribution in [3.8, 4) is 17.6 Å². The summed E-state index contributed by atoms with van der Waals surface area (Å²) in [6.07, 6.45) is 0. The van der Waals surface area contributed by atoms with Crippen LogP contribution in [-0.4, -0.2) is 12.0 Å². The van der Waals surface area contributed by atoms with Crippen molar-refractivity contribution in [2.24, 2.45) is 0 Å². The molecule has 0 saturated carbocycles. The standard InChI is InChI=1S/C14H11N3O3/c1-16-11-2-4-12(5-3-11)20-13-6-7-14(17(18)19)10(8-13)9-15/h2-8,16H,1H3. The monoisotopic (exact) mass is 269 g/mol. The van der Waals surface area contributed by atoms with E-state index in [9.17, 15) is 10.1 Å².